The highest BCUT2D eigenvalue weighted by atomic mass is 35.5. The SMILES string of the molecule is CCN(C(=O)C(F)(F)F)C1CCN(CCC(CN(C)C(=O)c2ccccc2)c2ccc(Cl)c(Cl)c2)CC1.Cl. The van der Waals surface area contributed by atoms with E-state index in [4.69, 9.17) is 23.2 Å². The van der Waals surface area contributed by atoms with Crippen molar-refractivity contribution in [3.05, 3.63) is 69.7 Å². The van der Waals surface area contributed by atoms with Gasteiger partial charge in [-0.05, 0) is 62.6 Å². The summed E-state index contributed by atoms with van der Waals surface area (Å²) in [4.78, 5) is 29.6. The summed E-state index contributed by atoms with van der Waals surface area (Å²) in [5.74, 6) is -1.87. The first-order chi connectivity index (χ1) is 17.5. The third-order valence-electron chi connectivity index (χ3n) is 6.91. The minimum atomic E-state index is -4.86. The molecule has 1 unspecified atom stereocenters. The highest BCUT2D eigenvalue weighted by Crippen LogP contribution is 2.30. The average Bonchev–Trinajstić information content (AvgIpc) is 2.88. The number of halogens is 6. The highest BCUT2D eigenvalue weighted by molar-refractivity contribution is 6.42. The zero-order chi connectivity index (χ0) is 27.2. The molecule has 3 rings (SSSR count). The summed E-state index contributed by atoms with van der Waals surface area (Å²) in [5, 5.41) is 0.893. The number of alkyl halides is 3. The van der Waals surface area contributed by atoms with Gasteiger partial charge in [0.2, 0.25) is 0 Å². The second-order valence-electron chi connectivity index (χ2n) is 9.37. The summed E-state index contributed by atoms with van der Waals surface area (Å²) in [5.41, 5.74) is 1.57. The number of carbonyl (C=O) groups excluding carboxylic acids is 2. The largest absolute Gasteiger partial charge is 0.471 e. The predicted molar refractivity (Wildman–Crippen MR) is 147 cm³/mol. The van der Waals surface area contributed by atoms with Gasteiger partial charge in [0.1, 0.15) is 0 Å². The fraction of sp³-hybridized carbons (Fsp3) is 0.481. The molecule has 210 valence electrons. The quantitative estimate of drug-likeness (QED) is 0.331. The molecule has 0 aromatic heterocycles. The molecule has 38 heavy (non-hydrogen) atoms. The molecule has 11 heteroatoms. The molecule has 0 radical (unpaired) electrons. The van der Waals surface area contributed by atoms with Crippen molar-refractivity contribution in [3.63, 3.8) is 0 Å². The third kappa shape index (κ3) is 8.50. The molecule has 1 saturated heterocycles. The number of rotatable bonds is 9. The zero-order valence-electron chi connectivity index (χ0n) is 21.4. The molecule has 1 aliphatic rings. The number of amides is 2. The Kier molecular flexibility index (Phi) is 12.2. The van der Waals surface area contributed by atoms with Gasteiger partial charge in [-0.2, -0.15) is 13.2 Å². The van der Waals surface area contributed by atoms with E-state index in [0.29, 0.717) is 61.1 Å². The van der Waals surface area contributed by atoms with E-state index in [1.54, 1.807) is 37.1 Å². The normalized spacial score (nSPS) is 15.4. The van der Waals surface area contributed by atoms with Gasteiger partial charge >= 0.3 is 12.1 Å². The van der Waals surface area contributed by atoms with Crippen molar-refractivity contribution in [2.24, 2.45) is 0 Å². The van der Waals surface area contributed by atoms with Crippen molar-refractivity contribution >= 4 is 47.4 Å². The first-order valence-corrected chi connectivity index (χ1v) is 13.1. The number of likely N-dealkylation sites (N-methyl/N-ethyl adjacent to an activating group) is 1. The van der Waals surface area contributed by atoms with E-state index in [2.05, 4.69) is 4.90 Å². The maximum atomic E-state index is 13.0. The molecular weight excluding hydrogens is 562 g/mol. The monoisotopic (exact) mass is 593 g/mol. The van der Waals surface area contributed by atoms with E-state index >= 15 is 0 Å². The predicted octanol–water partition coefficient (Wildman–Crippen LogP) is 6.54. The summed E-state index contributed by atoms with van der Waals surface area (Å²) in [7, 11) is 1.77. The van der Waals surface area contributed by atoms with Crippen LogP contribution in [0, 0.1) is 0 Å². The van der Waals surface area contributed by atoms with E-state index in [1.165, 1.54) is 0 Å². The number of likely N-dealkylation sites (tertiary alicyclic amines) is 1. The van der Waals surface area contributed by atoms with Gasteiger partial charge < -0.3 is 14.7 Å². The maximum absolute atomic E-state index is 13.0. The Morgan fingerprint density at radius 3 is 2.24 bits per heavy atom. The smallest absolute Gasteiger partial charge is 0.341 e. The number of nitrogens with zero attached hydrogens (tertiary/aromatic N) is 3. The van der Waals surface area contributed by atoms with Crippen LogP contribution in [-0.4, -0.2) is 78.5 Å². The molecule has 1 atom stereocenters. The summed E-state index contributed by atoms with van der Waals surface area (Å²) < 4.78 is 38.9. The molecule has 2 aromatic rings. The van der Waals surface area contributed by atoms with Gasteiger partial charge in [0, 0.05) is 50.7 Å². The minimum Gasteiger partial charge on any atom is -0.341 e. The van der Waals surface area contributed by atoms with Crippen molar-refractivity contribution in [1.82, 2.24) is 14.7 Å². The molecular formula is C27H33Cl3F3N3O2. The number of piperidine rings is 1. The number of benzene rings is 2. The van der Waals surface area contributed by atoms with Gasteiger partial charge in [-0.15, -0.1) is 12.4 Å². The lowest BCUT2D eigenvalue weighted by molar-refractivity contribution is -0.188. The molecule has 0 spiro atoms. The molecule has 0 N–H and O–H groups in total. The molecule has 0 aliphatic carbocycles. The summed E-state index contributed by atoms with van der Waals surface area (Å²) in [6.45, 7) is 3.96. The lowest BCUT2D eigenvalue weighted by Crippen LogP contribution is -2.51. The van der Waals surface area contributed by atoms with E-state index < -0.39 is 18.1 Å². The standard InChI is InChI=1S/C27H32Cl2F3N3O2.ClH/c1-3-35(26(37)27(30,31)32)22-12-15-34(16-13-22)14-11-21(20-9-10-23(28)24(29)17-20)18-33(2)25(36)19-7-5-4-6-8-19;/h4-10,17,21-22H,3,11-16,18H2,1-2H3;1H. The van der Waals surface area contributed by atoms with Gasteiger partial charge in [0.15, 0.2) is 0 Å². The zero-order valence-corrected chi connectivity index (χ0v) is 23.7. The van der Waals surface area contributed by atoms with Crippen LogP contribution in [0.15, 0.2) is 48.5 Å². The van der Waals surface area contributed by atoms with Crippen LogP contribution in [0.5, 0.6) is 0 Å². The summed E-state index contributed by atoms with van der Waals surface area (Å²) >= 11 is 12.4. The van der Waals surface area contributed by atoms with Gasteiger partial charge in [-0.3, -0.25) is 9.59 Å². The number of carbonyl (C=O) groups is 2. The Balaban J connectivity index is 0.00000507. The second kappa shape index (κ2) is 14.4. The Morgan fingerprint density at radius 1 is 1.05 bits per heavy atom. The minimum absolute atomic E-state index is 0. The van der Waals surface area contributed by atoms with Gasteiger partial charge in [-0.25, -0.2) is 0 Å². The number of hydrogen-bond donors (Lipinski definition) is 0. The Bertz CT molecular complexity index is 1060. The van der Waals surface area contributed by atoms with Crippen LogP contribution in [0.1, 0.15) is 48.0 Å². The molecule has 5 nitrogen and oxygen atoms in total. The Morgan fingerprint density at radius 2 is 1.68 bits per heavy atom. The van der Waals surface area contributed by atoms with E-state index in [9.17, 15) is 22.8 Å². The molecule has 0 saturated carbocycles. The second-order valence-corrected chi connectivity index (χ2v) is 10.2. The molecule has 1 aliphatic heterocycles. The average molecular weight is 595 g/mol. The van der Waals surface area contributed by atoms with Crippen molar-refractivity contribution < 1.29 is 22.8 Å². The lowest BCUT2D eigenvalue weighted by atomic mass is 9.93. The molecule has 2 aromatic carbocycles. The van der Waals surface area contributed by atoms with Gasteiger partial charge in [0.25, 0.3) is 5.91 Å². The van der Waals surface area contributed by atoms with E-state index in [-0.39, 0.29) is 30.8 Å². The van der Waals surface area contributed by atoms with Crippen molar-refractivity contribution in [2.75, 3.05) is 39.8 Å². The van der Waals surface area contributed by atoms with Crippen LogP contribution in [0.3, 0.4) is 0 Å². The maximum Gasteiger partial charge on any atom is 0.471 e. The fourth-order valence-electron chi connectivity index (χ4n) is 4.87. The highest BCUT2D eigenvalue weighted by Gasteiger charge is 2.44. The first kappa shape index (κ1) is 32.2. The molecule has 1 fully saturated rings. The van der Waals surface area contributed by atoms with Crippen LogP contribution >= 0.6 is 35.6 Å². The van der Waals surface area contributed by atoms with Crippen molar-refractivity contribution in [2.45, 2.75) is 44.3 Å². The number of hydrogen-bond acceptors (Lipinski definition) is 3. The Hall–Kier alpha value is -2.00. The Labute approximate surface area is 238 Å². The molecule has 2 amide bonds. The van der Waals surface area contributed by atoms with Crippen LogP contribution < -0.4 is 0 Å². The van der Waals surface area contributed by atoms with Crippen LogP contribution in [0.25, 0.3) is 0 Å². The fourth-order valence-corrected chi connectivity index (χ4v) is 5.17. The summed E-state index contributed by atoms with van der Waals surface area (Å²) in [6, 6.07) is 14.1. The van der Waals surface area contributed by atoms with Crippen LogP contribution in [0.2, 0.25) is 10.0 Å². The summed E-state index contributed by atoms with van der Waals surface area (Å²) in [6.07, 6.45) is -3.17. The van der Waals surface area contributed by atoms with Crippen LogP contribution in [-0.2, 0) is 4.79 Å². The lowest BCUT2D eigenvalue weighted by Gasteiger charge is -2.38. The van der Waals surface area contributed by atoms with E-state index in [1.807, 2.05) is 30.3 Å². The van der Waals surface area contributed by atoms with Crippen molar-refractivity contribution in [1.29, 1.82) is 0 Å². The molecule has 1 heterocycles. The van der Waals surface area contributed by atoms with Crippen LogP contribution in [0.4, 0.5) is 13.2 Å². The molecule has 0 bridgehead atoms. The third-order valence-corrected chi connectivity index (χ3v) is 7.65. The van der Waals surface area contributed by atoms with Crippen molar-refractivity contribution in [3.8, 4) is 0 Å². The van der Waals surface area contributed by atoms with E-state index in [0.717, 1.165) is 10.5 Å². The van der Waals surface area contributed by atoms with Gasteiger partial charge in [0.05, 0.1) is 10.0 Å². The topological polar surface area (TPSA) is 43.9 Å². The van der Waals surface area contributed by atoms with Gasteiger partial charge in [-0.1, -0.05) is 47.5 Å². The first-order valence-electron chi connectivity index (χ1n) is 12.4.